The fraction of sp³-hybridized carbons (Fsp3) is 0.429. The Labute approximate surface area is 76.9 Å². The van der Waals surface area contributed by atoms with E-state index in [1.807, 2.05) is 0 Å². The largest absolute Gasteiger partial charge is 0.329 e. The standard InChI is InChI=1S/C7H11N3O2S/c8-2-5-13(11,12)6-7-9-3-1-4-10-7/h1,3-4H,2,5-6,8H2. The molecule has 0 aliphatic rings. The van der Waals surface area contributed by atoms with Crippen molar-refractivity contribution >= 4 is 9.84 Å². The van der Waals surface area contributed by atoms with Crippen LogP contribution in [-0.2, 0) is 15.6 Å². The van der Waals surface area contributed by atoms with Gasteiger partial charge in [0.05, 0.1) is 5.75 Å². The molecule has 0 spiro atoms. The second kappa shape index (κ2) is 4.29. The molecule has 0 saturated heterocycles. The van der Waals surface area contributed by atoms with Crippen LogP contribution in [0.15, 0.2) is 18.5 Å². The molecule has 72 valence electrons. The Morgan fingerprint density at radius 3 is 2.46 bits per heavy atom. The summed E-state index contributed by atoms with van der Waals surface area (Å²) in [5.41, 5.74) is 5.15. The lowest BCUT2D eigenvalue weighted by molar-refractivity contribution is 0.593. The van der Waals surface area contributed by atoms with Gasteiger partial charge in [-0.05, 0) is 6.07 Å². The predicted molar refractivity (Wildman–Crippen MR) is 48.6 cm³/mol. The first-order chi connectivity index (χ1) is 6.14. The molecule has 0 aliphatic carbocycles. The molecule has 0 amide bonds. The molecule has 0 saturated carbocycles. The minimum Gasteiger partial charge on any atom is -0.329 e. The van der Waals surface area contributed by atoms with E-state index >= 15 is 0 Å². The Balaban J connectivity index is 2.70. The van der Waals surface area contributed by atoms with Crippen molar-refractivity contribution in [1.29, 1.82) is 0 Å². The summed E-state index contributed by atoms with van der Waals surface area (Å²) in [5, 5.41) is 0. The maximum absolute atomic E-state index is 11.2. The Hall–Kier alpha value is -1.01. The van der Waals surface area contributed by atoms with Gasteiger partial charge in [-0.1, -0.05) is 0 Å². The SMILES string of the molecule is NCCS(=O)(=O)Cc1ncccn1. The molecular weight excluding hydrogens is 190 g/mol. The molecule has 1 heterocycles. The van der Waals surface area contributed by atoms with Crippen molar-refractivity contribution in [2.75, 3.05) is 12.3 Å². The Bertz CT molecular complexity index is 349. The van der Waals surface area contributed by atoms with Crippen LogP contribution in [-0.4, -0.2) is 30.7 Å². The van der Waals surface area contributed by atoms with Crippen molar-refractivity contribution in [2.24, 2.45) is 5.73 Å². The van der Waals surface area contributed by atoms with E-state index in [1.165, 1.54) is 12.4 Å². The lowest BCUT2D eigenvalue weighted by Gasteiger charge is -1.99. The van der Waals surface area contributed by atoms with E-state index in [4.69, 9.17) is 5.73 Å². The minimum atomic E-state index is -3.13. The third-order valence-corrected chi connectivity index (χ3v) is 2.95. The molecule has 1 rings (SSSR count). The first-order valence-corrected chi connectivity index (χ1v) is 5.62. The van der Waals surface area contributed by atoms with Gasteiger partial charge >= 0.3 is 0 Å². The average Bonchev–Trinajstić information content (AvgIpc) is 2.04. The quantitative estimate of drug-likeness (QED) is 0.699. The van der Waals surface area contributed by atoms with Crippen LogP contribution in [0.3, 0.4) is 0 Å². The van der Waals surface area contributed by atoms with E-state index in [2.05, 4.69) is 9.97 Å². The Kier molecular flexibility index (Phi) is 3.32. The van der Waals surface area contributed by atoms with E-state index in [1.54, 1.807) is 6.07 Å². The van der Waals surface area contributed by atoms with Crippen molar-refractivity contribution in [3.8, 4) is 0 Å². The normalized spacial score (nSPS) is 11.5. The van der Waals surface area contributed by atoms with Crippen LogP contribution < -0.4 is 5.73 Å². The van der Waals surface area contributed by atoms with Crippen LogP contribution >= 0.6 is 0 Å². The second-order valence-corrected chi connectivity index (χ2v) is 4.73. The smallest absolute Gasteiger partial charge is 0.158 e. The minimum absolute atomic E-state index is 0.0226. The number of aromatic nitrogens is 2. The average molecular weight is 201 g/mol. The van der Waals surface area contributed by atoms with E-state index < -0.39 is 9.84 Å². The van der Waals surface area contributed by atoms with Crippen molar-refractivity contribution in [1.82, 2.24) is 9.97 Å². The second-order valence-electron chi connectivity index (χ2n) is 2.55. The molecule has 0 bridgehead atoms. The first-order valence-electron chi connectivity index (χ1n) is 3.80. The number of sulfone groups is 1. The van der Waals surface area contributed by atoms with Gasteiger partial charge in [-0.2, -0.15) is 0 Å². The molecular formula is C7H11N3O2S. The molecule has 2 N–H and O–H groups in total. The van der Waals surface area contributed by atoms with Gasteiger partial charge in [-0.3, -0.25) is 0 Å². The zero-order valence-corrected chi connectivity index (χ0v) is 7.87. The molecule has 13 heavy (non-hydrogen) atoms. The van der Waals surface area contributed by atoms with Gasteiger partial charge in [0.2, 0.25) is 0 Å². The number of rotatable bonds is 4. The highest BCUT2D eigenvalue weighted by Crippen LogP contribution is 1.98. The highest BCUT2D eigenvalue weighted by atomic mass is 32.2. The van der Waals surface area contributed by atoms with Crippen LogP contribution in [0.1, 0.15) is 5.82 Å². The summed E-state index contributed by atoms with van der Waals surface area (Å²) in [6.07, 6.45) is 3.03. The van der Waals surface area contributed by atoms with E-state index in [0.29, 0.717) is 5.82 Å². The van der Waals surface area contributed by atoms with Crippen LogP contribution in [0.25, 0.3) is 0 Å². The third kappa shape index (κ3) is 3.47. The maximum atomic E-state index is 11.2. The summed E-state index contributed by atoms with van der Waals surface area (Å²) < 4.78 is 22.5. The molecule has 0 unspecified atom stereocenters. The van der Waals surface area contributed by atoms with Gasteiger partial charge in [0.25, 0.3) is 0 Å². The number of nitrogens with zero attached hydrogens (tertiary/aromatic N) is 2. The van der Waals surface area contributed by atoms with Crippen molar-refractivity contribution in [3.63, 3.8) is 0 Å². The molecule has 1 aromatic rings. The van der Waals surface area contributed by atoms with Crippen molar-refractivity contribution in [3.05, 3.63) is 24.3 Å². The van der Waals surface area contributed by atoms with E-state index in [0.717, 1.165) is 0 Å². The molecule has 0 aromatic carbocycles. The van der Waals surface area contributed by atoms with Gasteiger partial charge in [0.15, 0.2) is 9.84 Å². The van der Waals surface area contributed by atoms with Gasteiger partial charge in [-0.15, -0.1) is 0 Å². The molecule has 0 fully saturated rings. The Morgan fingerprint density at radius 2 is 1.92 bits per heavy atom. The Morgan fingerprint density at radius 1 is 1.31 bits per heavy atom. The van der Waals surface area contributed by atoms with Crippen LogP contribution in [0, 0.1) is 0 Å². The number of hydrogen-bond donors (Lipinski definition) is 1. The summed E-state index contributed by atoms with van der Waals surface area (Å²) in [6.45, 7) is 0.134. The number of nitrogens with two attached hydrogens (primary N) is 1. The fourth-order valence-corrected chi connectivity index (χ4v) is 1.90. The monoisotopic (exact) mass is 201 g/mol. The van der Waals surface area contributed by atoms with Gasteiger partial charge in [0.1, 0.15) is 11.6 Å². The zero-order valence-electron chi connectivity index (χ0n) is 7.05. The maximum Gasteiger partial charge on any atom is 0.158 e. The van der Waals surface area contributed by atoms with E-state index in [9.17, 15) is 8.42 Å². The summed E-state index contributed by atoms with van der Waals surface area (Å²) in [5.74, 6) is 0.159. The van der Waals surface area contributed by atoms with Gasteiger partial charge in [0, 0.05) is 18.9 Å². The lowest BCUT2D eigenvalue weighted by Crippen LogP contribution is -2.18. The third-order valence-electron chi connectivity index (χ3n) is 1.40. The number of hydrogen-bond acceptors (Lipinski definition) is 5. The highest BCUT2D eigenvalue weighted by molar-refractivity contribution is 7.90. The lowest BCUT2D eigenvalue weighted by atomic mass is 10.6. The summed E-state index contributed by atoms with van der Waals surface area (Å²) in [6, 6.07) is 1.64. The summed E-state index contributed by atoms with van der Waals surface area (Å²) >= 11 is 0. The predicted octanol–water partition coefficient (Wildman–Crippen LogP) is -0.650. The first kappa shape index (κ1) is 10.1. The van der Waals surface area contributed by atoms with Crippen LogP contribution in [0.2, 0.25) is 0 Å². The fourth-order valence-electron chi connectivity index (χ4n) is 0.853. The molecule has 0 aliphatic heterocycles. The van der Waals surface area contributed by atoms with Gasteiger partial charge in [-0.25, -0.2) is 18.4 Å². The molecule has 0 radical (unpaired) electrons. The molecule has 6 heteroatoms. The molecule has 5 nitrogen and oxygen atoms in total. The van der Waals surface area contributed by atoms with E-state index in [-0.39, 0.29) is 18.1 Å². The van der Waals surface area contributed by atoms with Crippen molar-refractivity contribution in [2.45, 2.75) is 5.75 Å². The van der Waals surface area contributed by atoms with Gasteiger partial charge < -0.3 is 5.73 Å². The summed E-state index contributed by atoms with van der Waals surface area (Å²) in [7, 11) is -3.13. The van der Waals surface area contributed by atoms with Crippen LogP contribution in [0.5, 0.6) is 0 Å². The highest BCUT2D eigenvalue weighted by Gasteiger charge is 2.11. The molecule has 1 aromatic heterocycles. The topological polar surface area (TPSA) is 85.9 Å². The van der Waals surface area contributed by atoms with Crippen LogP contribution in [0.4, 0.5) is 0 Å². The zero-order chi connectivity index (χ0) is 9.73. The van der Waals surface area contributed by atoms with Crippen molar-refractivity contribution < 1.29 is 8.42 Å². The summed E-state index contributed by atoms with van der Waals surface area (Å²) in [4.78, 5) is 7.63. The molecule has 0 atom stereocenters.